The van der Waals surface area contributed by atoms with Crippen molar-refractivity contribution in [1.29, 1.82) is 0 Å². The predicted octanol–water partition coefficient (Wildman–Crippen LogP) is 2.22. The van der Waals surface area contributed by atoms with E-state index in [1.807, 2.05) is 38.1 Å². The molecule has 4 nitrogen and oxygen atoms in total. The van der Waals surface area contributed by atoms with E-state index < -0.39 is 0 Å². The molecule has 1 aromatic carbocycles. The Bertz CT molecular complexity index is 495. The van der Waals surface area contributed by atoms with Crippen LogP contribution in [0.25, 0.3) is 0 Å². The van der Waals surface area contributed by atoms with Crippen molar-refractivity contribution in [3.63, 3.8) is 0 Å². The fourth-order valence-corrected chi connectivity index (χ4v) is 3.06. The van der Waals surface area contributed by atoms with Gasteiger partial charge < -0.3 is 10.4 Å². The van der Waals surface area contributed by atoms with Gasteiger partial charge in [0.15, 0.2) is 0 Å². The van der Waals surface area contributed by atoms with Crippen LogP contribution in [0.15, 0.2) is 24.3 Å². The molecular formula is C16H23ClN2O2. The van der Waals surface area contributed by atoms with Gasteiger partial charge in [0, 0.05) is 18.1 Å². The summed E-state index contributed by atoms with van der Waals surface area (Å²) in [5.41, 5.74) is 0.926. The van der Waals surface area contributed by atoms with E-state index >= 15 is 0 Å². The van der Waals surface area contributed by atoms with Crippen LogP contribution in [0.2, 0.25) is 5.02 Å². The van der Waals surface area contributed by atoms with Crippen molar-refractivity contribution in [3.8, 4) is 0 Å². The van der Waals surface area contributed by atoms with Crippen LogP contribution >= 0.6 is 11.6 Å². The molecule has 0 aromatic heterocycles. The minimum Gasteiger partial charge on any atom is -0.393 e. The molecule has 5 heteroatoms. The molecule has 0 spiro atoms. The van der Waals surface area contributed by atoms with E-state index in [1.54, 1.807) is 0 Å². The van der Waals surface area contributed by atoms with Gasteiger partial charge in [-0.2, -0.15) is 0 Å². The van der Waals surface area contributed by atoms with Crippen molar-refractivity contribution in [2.75, 3.05) is 19.6 Å². The van der Waals surface area contributed by atoms with E-state index in [0.29, 0.717) is 11.6 Å². The van der Waals surface area contributed by atoms with Crippen molar-refractivity contribution < 1.29 is 9.90 Å². The zero-order valence-corrected chi connectivity index (χ0v) is 13.3. The number of aliphatic hydroxyl groups excluding tert-OH is 1. The lowest BCUT2D eigenvalue weighted by Gasteiger charge is -2.34. The summed E-state index contributed by atoms with van der Waals surface area (Å²) in [4.78, 5) is 14.2. The highest BCUT2D eigenvalue weighted by molar-refractivity contribution is 6.31. The van der Waals surface area contributed by atoms with Crippen molar-refractivity contribution in [2.45, 2.75) is 32.4 Å². The molecule has 1 aromatic rings. The molecule has 2 N–H and O–H groups in total. The first-order valence-electron chi connectivity index (χ1n) is 7.41. The number of benzene rings is 1. The van der Waals surface area contributed by atoms with Crippen molar-refractivity contribution in [1.82, 2.24) is 10.2 Å². The van der Waals surface area contributed by atoms with Crippen molar-refractivity contribution in [3.05, 3.63) is 34.9 Å². The van der Waals surface area contributed by atoms with Gasteiger partial charge in [-0.25, -0.2) is 0 Å². The summed E-state index contributed by atoms with van der Waals surface area (Å²) in [6, 6.07) is 7.43. The van der Waals surface area contributed by atoms with Gasteiger partial charge in [-0.1, -0.05) is 36.7 Å². The van der Waals surface area contributed by atoms with Gasteiger partial charge in [0.2, 0.25) is 5.91 Å². The van der Waals surface area contributed by atoms with Crippen molar-refractivity contribution >= 4 is 17.5 Å². The number of hydrogen-bond donors (Lipinski definition) is 2. The van der Waals surface area contributed by atoms with Gasteiger partial charge in [0.05, 0.1) is 18.7 Å². The fraction of sp³-hybridized carbons (Fsp3) is 0.562. The Labute approximate surface area is 131 Å². The zero-order chi connectivity index (χ0) is 15.4. The zero-order valence-electron chi connectivity index (χ0n) is 12.6. The van der Waals surface area contributed by atoms with E-state index in [4.69, 9.17) is 11.6 Å². The first-order valence-corrected chi connectivity index (χ1v) is 7.79. The molecule has 21 heavy (non-hydrogen) atoms. The van der Waals surface area contributed by atoms with Crippen LogP contribution in [0.3, 0.4) is 0 Å². The van der Waals surface area contributed by atoms with Crippen LogP contribution in [0.4, 0.5) is 0 Å². The molecule has 3 unspecified atom stereocenters. The van der Waals surface area contributed by atoms with E-state index in [-0.39, 0.29) is 24.0 Å². The second-order valence-corrected chi connectivity index (χ2v) is 6.29. The third-order valence-corrected chi connectivity index (χ3v) is 4.40. The summed E-state index contributed by atoms with van der Waals surface area (Å²) in [7, 11) is 0. The van der Waals surface area contributed by atoms with Crippen LogP contribution in [-0.2, 0) is 4.79 Å². The molecule has 0 radical (unpaired) electrons. The highest BCUT2D eigenvalue weighted by atomic mass is 35.5. The molecule has 0 aliphatic carbocycles. The van der Waals surface area contributed by atoms with Gasteiger partial charge in [-0.15, -0.1) is 0 Å². The summed E-state index contributed by atoms with van der Waals surface area (Å²) < 4.78 is 0. The number of aliphatic hydroxyl groups is 1. The number of carbonyl (C=O) groups excluding carboxylic acids is 1. The number of nitrogens with zero attached hydrogens (tertiary/aromatic N) is 1. The number of carbonyl (C=O) groups is 1. The average molecular weight is 311 g/mol. The Morgan fingerprint density at radius 2 is 2.24 bits per heavy atom. The molecule has 1 saturated heterocycles. The normalized spacial score (nSPS) is 24.6. The van der Waals surface area contributed by atoms with Gasteiger partial charge in [0.1, 0.15) is 0 Å². The third-order valence-electron chi connectivity index (χ3n) is 4.06. The van der Waals surface area contributed by atoms with Crippen molar-refractivity contribution in [2.24, 2.45) is 5.92 Å². The molecule has 1 fully saturated rings. The summed E-state index contributed by atoms with van der Waals surface area (Å²) in [6.07, 6.45) is 0.487. The Kier molecular flexibility index (Phi) is 5.62. The van der Waals surface area contributed by atoms with Crippen LogP contribution < -0.4 is 5.32 Å². The van der Waals surface area contributed by atoms with Gasteiger partial charge in [-0.3, -0.25) is 9.69 Å². The number of halogens is 1. The molecule has 1 aliphatic rings. The number of piperidine rings is 1. The molecule has 1 aliphatic heterocycles. The maximum absolute atomic E-state index is 12.1. The van der Waals surface area contributed by atoms with E-state index in [2.05, 4.69) is 10.2 Å². The van der Waals surface area contributed by atoms with E-state index in [1.165, 1.54) is 0 Å². The smallest absolute Gasteiger partial charge is 0.234 e. The van der Waals surface area contributed by atoms with E-state index in [0.717, 1.165) is 25.1 Å². The summed E-state index contributed by atoms with van der Waals surface area (Å²) in [6.45, 7) is 5.84. The fourth-order valence-electron chi connectivity index (χ4n) is 2.76. The maximum Gasteiger partial charge on any atom is 0.234 e. The minimum absolute atomic E-state index is 0.00832. The topological polar surface area (TPSA) is 52.6 Å². The lowest BCUT2D eigenvalue weighted by Crippen LogP contribution is -2.46. The Hall–Kier alpha value is -1.10. The van der Waals surface area contributed by atoms with Crippen LogP contribution in [0.1, 0.15) is 31.9 Å². The molecular weight excluding hydrogens is 288 g/mol. The number of likely N-dealkylation sites (tertiary alicyclic amines) is 1. The highest BCUT2D eigenvalue weighted by Gasteiger charge is 2.25. The lowest BCUT2D eigenvalue weighted by molar-refractivity contribution is -0.123. The quantitative estimate of drug-likeness (QED) is 0.896. The number of amides is 1. The first kappa shape index (κ1) is 16.3. The number of hydrogen-bond acceptors (Lipinski definition) is 3. The monoisotopic (exact) mass is 310 g/mol. The lowest BCUT2D eigenvalue weighted by atomic mass is 9.97. The number of rotatable bonds is 4. The molecule has 2 rings (SSSR count). The van der Waals surface area contributed by atoms with Crippen LogP contribution in [0, 0.1) is 5.92 Å². The van der Waals surface area contributed by atoms with E-state index in [9.17, 15) is 9.90 Å². The first-order chi connectivity index (χ1) is 9.97. The minimum atomic E-state index is -0.244. The molecule has 3 atom stereocenters. The Balaban J connectivity index is 1.86. The second kappa shape index (κ2) is 7.25. The summed E-state index contributed by atoms with van der Waals surface area (Å²) in [5.74, 6) is 0.207. The second-order valence-electron chi connectivity index (χ2n) is 5.88. The van der Waals surface area contributed by atoms with Crippen LogP contribution in [-0.4, -0.2) is 41.7 Å². The highest BCUT2D eigenvalue weighted by Crippen LogP contribution is 2.22. The molecule has 1 heterocycles. The molecule has 116 valence electrons. The largest absolute Gasteiger partial charge is 0.393 e. The van der Waals surface area contributed by atoms with Gasteiger partial charge >= 0.3 is 0 Å². The maximum atomic E-state index is 12.1. The standard InChI is InChI=1S/C16H23ClN2O2/c1-11-9-19(8-7-15(11)20)10-16(21)18-12(2)13-5-3-4-6-14(13)17/h3-6,11-12,15,20H,7-10H2,1-2H3,(H,18,21). The molecule has 0 saturated carbocycles. The van der Waals surface area contributed by atoms with Crippen LogP contribution in [0.5, 0.6) is 0 Å². The Morgan fingerprint density at radius 1 is 1.52 bits per heavy atom. The van der Waals surface area contributed by atoms with Gasteiger partial charge in [0.25, 0.3) is 0 Å². The predicted molar refractivity (Wildman–Crippen MR) is 84.2 cm³/mol. The third kappa shape index (κ3) is 4.43. The molecule has 0 bridgehead atoms. The Morgan fingerprint density at radius 3 is 2.90 bits per heavy atom. The summed E-state index contributed by atoms with van der Waals surface area (Å²) >= 11 is 6.14. The molecule has 1 amide bonds. The average Bonchev–Trinajstić information content (AvgIpc) is 2.43. The SMILES string of the molecule is CC(NC(=O)CN1CCC(O)C(C)C1)c1ccccc1Cl. The number of nitrogens with one attached hydrogen (secondary N) is 1. The van der Waals surface area contributed by atoms with Gasteiger partial charge in [-0.05, 0) is 30.9 Å². The summed E-state index contributed by atoms with van der Waals surface area (Å²) in [5, 5.41) is 13.4.